The first-order valence-electron chi connectivity index (χ1n) is 8.96. The number of benzene rings is 2. The molecule has 2 atom stereocenters. The second kappa shape index (κ2) is 7.37. The molecule has 1 aliphatic heterocycles. The molecule has 27 heavy (non-hydrogen) atoms. The minimum absolute atomic E-state index is 0.0890. The van der Waals surface area contributed by atoms with Crippen LogP contribution in [0.5, 0.6) is 0 Å². The highest BCUT2D eigenvalue weighted by atomic mass is 19.1. The molecule has 2 aromatic carbocycles. The molecule has 0 unspecified atom stereocenters. The molecule has 138 valence electrons. The molecule has 0 bridgehead atoms. The summed E-state index contributed by atoms with van der Waals surface area (Å²) in [5.74, 6) is -0.0461. The molecule has 1 saturated heterocycles. The first-order valence-corrected chi connectivity index (χ1v) is 8.96. The van der Waals surface area contributed by atoms with E-state index in [-0.39, 0.29) is 29.7 Å². The first kappa shape index (κ1) is 17.5. The Morgan fingerprint density at radius 1 is 1.00 bits per heavy atom. The summed E-state index contributed by atoms with van der Waals surface area (Å²) in [6.07, 6.45) is -0.270. The number of nitrogens with zero attached hydrogens (tertiary/aromatic N) is 1. The number of amides is 1. The van der Waals surface area contributed by atoms with Gasteiger partial charge in [0.05, 0.1) is 18.2 Å². The Labute approximate surface area is 157 Å². The van der Waals surface area contributed by atoms with Gasteiger partial charge in [-0.1, -0.05) is 42.5 Å². The van der Waals surface area contributed by atoms with Crippen LogP contribution in [0.2, 0.25) is 0 Å². The van der Waals surface area contributed by atoms with Crippen molar-refractivity contribution in [3.05, 3.63) is 83.9 Å². The quantitative estimate of drug-likeness (QED) is 0.676. The fraction of sp³-hybridized carbons (Fsp3) is 0.227. The lowest BCUT2D eigenvalue weighted by atomic mass is 10.1. The van der Waals surface area contributed by atoms with Gasteiger partial charge in [-0.25, -0.2) is 4.39 Å². The maximum atomic E-state index is 14.0. The zero-order valence-electron chi connectivity index (χ0n) is 15.0. The lowest BCUT2D eigenvalue weighted by Crippen LogP contribution is -2.45. The minimum atomic E-state index is -0.380. The summed E-state index contributed by atoms with van der Waals surface area (Å²) in [6.45, 7) is 2.88. The SMILES string of the molecule is C[C@H]1CN(C(=O)c2ccc(-c3ccccc3F)o2)C[C@H](c2ccccc2)O1. The van der Waals surface area contributed by atoms with Gasteiger partial charge in [0.2, 0.25) is 0 Å². The molecule has 1 fully saturated rings. The maximum Gasteiger partial charge on any atom is 0.289 e. The van der Waals surface area contributed by atoms with Crippen LogP contribution in [0.15, 0.2) is 71.1 Å². The smallest absolute Gasteiger partial charge is 0.289 e. The third-order valence-electron chi connectivity index (χ3n) is 4.67. The summed E-state index contributed by atoms with van der Waals surface area (Å²) in [5, 5.41) is 0. The lowest BCUT2D eigenvalue weighted by molar-refractivity contribution is -0.0697. The van der Waals surface area contributed by atoms with Crippen molar-refractivity contribution >= 4 is 5.91 Å². The molecule has 0 N–H and O–H groups in total. The van der Waals surface area contributed by atoms with Crippen molar-refractivity contribution in [2.45, 2.75) is 19.1 Å². The van der Waals surface area contributed by atoms with E-state index in [0.717, 1.165) is 5.56 Å². The summed E-state index contributed by atoms with van der Waals surface area (Å²) >= 11 is 0. The molecule has 0 aliphatic carbocycles. The molecule has 0 spiro atoms. The Morgan fingerprint density at radius 3 is 2.52 bits per heavy atom. The fourth-order valence-corrected chi connectivity index (χ4v) is 3.38. The number of hydrogen-bond acceptors (Lipinski definition) is 3. The zero-order chi connectivity index (χ0) is 18.8. The standard InChI is InChI=1S/C22H20FNO3/c1-15-13-24(14-21(26-15)16-7-3-2-4-8-16)22(25)20-12-11-19(27-20)17-9-5-6-10-18(17)23/h2-12,15,21H,13-14H2,1H3/t15-,21+/m0/s1. The Morgan fingerprint density at radius 2 is 1.74 bits per heavy atom. The molecule has 1 aliphatic rings. The number of hydrogen-bond donors (Lipinski definition) is 0. The molecule has 3 aromatic rings. The number of carbonyl (C=O) groups is 1. The van der Waals surface area contributed by atoms with E-state index in [1.807, 2.05) is 37.3 Å². The summed E-state index contributed by atoms with van der Waals surface area (Å²) in [4.78, 5) is 14.7. The Balaban J connectivity index is 1.55. The van der Waals surface area contributed by atoms with Crippen molar-refractivity contribution in [1.82, 2.24) is 4.90 Å². The monoisotopic (exact) mass is 365 g/mol. The molecule has 1 aromatic heterocycles. The summed E-state index contributed by atoms with van der Waals surface area (Å²) in [7, 11) is 0. The van der Waals surface area contributed by atoms with Crippen molar-refractivity contribution in [3.63, 3.8) is 0 Å². The van der Waals surface area contributed by atoms with E-state index < -0.39 is 0 Å². The van der Waals surface area contributed by atoms with Crippen LogP contribution in [-0.2, 0) is 4.74 Å². The van der Waals surface area contributed by atoms with Gasteiger partial charge in [0.1, 0.15) is 17.7 Å². The van der Waals surface area contributed by atoms with E-state index in [4.69, 9.17) is 9.15 Å². The second-order valence-electron chi connectivity index (χ2n) is 6.70. The summed E-state index contributed by atoms with van der Waals surface area (Å²) in [5.41, 5.74) is 1.38. The third-order valence-corrected chi connectivity index (χ3v) is 4.67. The normalized spacial score (nSPS) is 19.9. The van der Waals surface area contributed by atoms with Crippen LogP contribution in [-0.4, -0.2) is 30.0 Å². The van der Waals surface area contributed by atoms with Crippen LogP contribution in [0.1, 0.15) is 29.1 Å². The summed E-state index contributed by atoms with van der Waals surface area (Å²) in [6, 6.07) is 19.4. The largest absolute Gasteiger partial charge is 0.451 e. The molecular weight excluding hydrogens is 345 g/mol. The predicted octanol–water partition coefficient (Wildman–Crippen LogP) is 4.69. The number of halogens is 1. The average Bonchev–Trinajstić information content (AvgIpc) is 3.18. The van der Waals surface area contributed by atoms with Gasteiger partial charge in [-0.15, -0.1) is 0 Å². The van der Waals surface area contributed by atoms with Gasteiger partial charge in [0, 0.05) is 6.54 Å². The average molecular weight is 365 g/mol. The van der Waals surface area contributed by atoms with Gasteiger partial charge in [-0.05, 0) is 36.8 Å². The van der Waals surface area contributed by atoms with Crippen molar-refractivity contribution in [2.75, 3.05) is 13.1 Å². The van der Waals surface area contributed by atoms with Gasteiger partial charge in [-0.2, -0.15) is 0 Å². The number of furan rings is 1. The van der Waals surface area contributed by atoms with E-state index in [0.29, 0.717) is 24.4 Å². The lowest BCUT2D eigenvalue weighted by Gasteiger charge is -2.36. The number of morpholine rings is 1. The molecule has 4 nitrogen and oxygen atoms in total. The highest BCUT2D eigenvalue weighted by Gasteiger charge is 2.31. The van der Waals surface area contributed by atoms with Crippen LogP contribution < -0.4 is 0 Å². The van der Waals surface area contributed by atoms with Crippen LogP contribution in [0, 0.1) is 5.82 Å². The molecule has 2 heterocycles. The Kier molecular flexibility index (Phi) is 4.77. The van der Waals surface area contributed by atoms with Gasteiger partial charge in [0.15, 0.2) is 5.76 Å². The van der Waals surface area contributed by atoms with Crippen molar-refractivity contribution in [3.8, 4) is 11.3 Å². The predicted molar refractivity (Wildman–Crippen MR) is 99.7 cm³/mol. The minimum Gasteiger partial charge on any atom is -0.451 e. The van der Waals surface area contributed by atoms with Crippen LogP contribution in [0.25, 0.3) is 11.3 Å². The van der Waals surface area contributed by atoms with E-state index in [1.54, 1.807) is 35.2 Å². The second-order valence-corrected chi connectivity index (χ2v) is 6.70. The van der Waals surface area contributed by atoms with E-state index in [9.17, 15) is 9.18 Å². The van der Waals surface area contributed by atoms with Gasteiger partial charge in [-0.3, -0.25) is 4.79 Å². The van der Waals surface area contributed by atoms with E-state index in [2.05, 4.69) is 0 Å². The van der Waals surface area contributed by atoms with E-state index >= 15 is 0 Å². The van der Waals surface area contributed by atoms with Gasteiger partial charge < -0.3 is 14.1 Å². The zero-order valence-corrected chi connectivity index (χ0v) is 15.0. The molecule has 4 rings (SSSR count). The van der Waals surface area contributed by atoms with Crippen LogP contribution in [0.3, 0.4) is 0 Å². The van der Waals surface area contributed by atoms with Gasteiger partial charge >= 0.3 is 0 Å². The topological polar surface area (TPSA) is 42.7 Å². The maximum absolute atomic E-state index is 14.0. The summed E-state index contributed by atoms with van der Waals surface area (Å²) < 4.78 is 25.6. The van der Waals surface area contributed by atoms with Crippen molar-refractivity contribution < 1.29 is 18.3 Å². The number of rotatable bonds is 3. The highest BCUT2D eigenvalue weighted by molar-refractivity contribution is 5.92. The molecule has 1 amide bonds. The van der Waals surface area contributed by atoms with Crippen LogP contribution in [0.4, 0.5) is 4.39 Å². The molecule has 0 saturated carbocycles. The Bertz CT molecular complexity index is 937. The number of ether oxygens (including phenoxy) is 1. The molecule has 0 radical (unpaired) electrons. The first-order chi connectivity index (χ1) is 13.1. The number of carbonyl (C=O) groups excluding carboxylic acids is 1. The van der Waals surface area contributed by atoms with Crippen LogP contribution >= 0.6 is 0 Å². The van der Waals surface area contributed by atoms with Gasteiger partial charge in [0.25, 0.3) is 5.91 Å². The fourth-order valence-electron chi connectivity index (χ4n) is 3.38. The highest BCUT2D eigenvalue weighted by Crippen LogP contribution is 2.28. The molecule has 5 heteroatoms. The van der Waals surface area contributed by atoms with E-state index in [1.165, 1.54) is 6.07 Å². The molecular formula is C22H20FNO3. The van der Waals surface area contributed by atoms with Crippen molar-refractivity contribution in [2.24, 2.45) is 0 Å². The van der Waals surface area contributed by atoms with Crippen molar-refractivity contribution in [1.29, 1.82) is 0 Å². The Hall–Kier alpha value is -2.92. The third kappa shape index (κ3) is 3.64.